The first-order valence-corrected chi connectivity index (χ1v) is 5.72. The van der Waals surface area contributed by atoms with Crippen molar-refractivity contribution in [2.45, 2.75) is 13.0 Å². The molecule has 1 saturated heterocycles. The molecule has 0 aromatic carbocycles. The molecule has 15 heavy (non-hydrogen) atoms. The molecule has 1 aliphatic rings. The van der Waals surface area contributed by atoms with E-state index in [0.29, 0.717) is 12.0 Å². The molecule has 0 bridgehead atoms. The Morgan fingerprint density at radius 3 is 3.00 bits per heavy atom. The van der Waals surface area contributed by atoms with Crippen LogP contribution in [-0.2, 0) is 9.47 Å². The molecule has 0 spiro atoms. The van der Waals surface area contributed by atoms with Gasteiger partial charge in [-0.05, 0) is 13.0 Å². The summed E-state index contributed by atoms with van der Waals surface area (Å²) in [6.07, 6.45) is 0.346. The lowest BCUT2D eigenvalue weighted by Gasteiger charge is -2.29. The molecule has 1 heterocycles. The Hall–Kier alpha value is -0.160. The number of likely N-dealkylation sites (N-methyl/N-ethyl adjacent to an activating group) is 1. The van der Waals surface area contributed by atoms with Crippen LogP contribution in [0, 0.1) is 5.92 Å². The van der Waals surface area contributed by atoms with Crippen molar-refractivity contribution in [3.05, 3.63) is 0 Å². The lowest BCUT2D eigenvalue weighted by molar-refractivity contribution is 0.00615. The Balaban J connectivity index is 2.13. The zero-order chi connectivity index (χ0) is 11.1. The third kappa shape index (κ3) is 5.47. The van der Waals surface area contributed by atoms with E-state index in [1.807, 2.05) is 0 Å². The molecule has 2 unspecified atom stereocenters. The molecule has 1 aliphatic heterocycles. The third-order valence-electron chi connectivity index (χ3n) is 2.59. The van der Waals surface area contributed by atoms with Crippen LogP contribution in [0.25, 0.3) is 0 Å². The lowest BCUT2D eigenvalue weighted by Crippen LogP contribution is -2.45. The Kier molecular flexibility index (Phi) is 6.17. The molecule has 2 atom stereocenters. The maximum atomic E-state index is 5.65. The van der Waals surface area contributed by atoms with Crippen molar-refractivity contribution < 1.29 is 9.47 Å². The first kappa shape index (κ1) is 12.9. The number of rotatable bonds is 6. The fourth-order valence-corrected chi connectivity index (χ4v) is 2.03. The zero-order valence-corrected chi connectivity index (χ0v) is 10.2. The molecule has 4 heteroatoms. The van der Waals surface area contributed by atoms with Crippen molar-refractivity contribution >= 4 is 0 Å². The van der Waals surface area contributed by atoms with Crippen molar-refractivity contribution in [2.24, 2.45) is 5.92 Å². The van der Waals surface area contributed by atoms with Gasteiger partial charge >= 0.3 is 0 Å². The zero-order valence-electron chi connectivity index (χ0n) is 10.2. The number of methoxy groups -OCH3 is 1. The molecule has 0 amide bonds. The molecule has 0 radical (unpaired) electrons. The van der Waals surface area contributed by atoms with E-state index >= 15 is 0 Å². The highest BCUT2D eigenvalue weighted by Crippen LogP contribution is 2.02. The van der Waals surface area contributed by atoms with E-state index in [1.165, 1.54) is 0 Å². The standard InChI is InChI=1S/C11H24N2O2/c1-10(9-14-3)7-13(2)8-11-6-12-4-5-15-11/h10-12H,4-9H2,1-3H3. The van der Waals surface area contributed by atoms with E-state index in [-0.39, 0.29) is 0 Å². The van der Waals surface area contributed by atoms with E-state index < -0.39 is 0 Å². The fraction of sp³-hybridized carbons (Fsp3) is 1.00. The molecule has 1 rings (SSSR count). The van der Waals surface area contributed by atoms with Gasteiger partial charge in [0.2, 0.25) is 0 Å². The Morgan fingerprint density at radius 1 is 1.60 bits per heavy atom. The van der Waals surface area contributed by atoms with Crippen LogP contribution in [0.1, 0.15) is 6.92 Å². The summed E-state index contributed by atoms with van der Waals surface area (Å²) in [5.41, 5.74) is 0. The quantitative estimate of drug-likeness (QED) is 0.687. The first-order chi connectivity index (χ1) is 7.22. The largest absolute Gasteiger partial charge is 0.384 e. The predicted octanol–water partition coefficient (Wildman–Crippen LogP) is 0.189. The third-order valence-corrected chi connectivity index (χ3v) is 2.59. The van der Waals surface area contributed by atoms with Crippen molar-refractivity contribution in [3.63, 3.8) is 0 Å². The van der Waals surface area contributed by atoms with E-state index in [1.54, 1.807) is 7.11 Å². The van der Waals surface area contributed by atoms with Gasteiger partial charge in [0, 0.05) is 39.9 Å². The Labute approximate surface area is 92.9 Å². The minimum atomic E-state index is 0.346. The number of ether oxygens (including phenoxy) is 2. The minimum Gasteiger partial charge on any atom is -0.384 e. The van der Waals surface area contributed by atoms with Crippen LogP contribution in [0.2, 0.25) is 0 Å². The molecule has 90 valence electrons. The Morgan fingerprint density at radius 2 is 2.40 bits per heavy atom. The van der Waals surface area contributed by atoms with Crippen LogP contribution in [0.15, 0.2) is 0 Å². The topological polar surface area (TPSA) is 33.7 Å². The molecule has 0 aromatic rings. The van der Waals surface area contributed by atoms with E-state index in [2.05, 4.69) is 24.2 Å². The van der Waals surface area contributed by atoms with Crippen LogP contribution in [-0.4, -0.2) is 64.6 Å². The fourth-order valence-electron chi connectivity index (χ4n) is 2.03. The average Bonchev–Trinajstić information content (AvgIpc) is 2.19. The van der Waals surface area contributed by atoms with Crippen molar-refractivity contribution in [3.8, 4) is 0 Å². The minimum absolute atomic E-state index is 0.346. The summed E-state index contributed by atoms with van der Waals surface area (Å²) >= 11 is 0. The van der Waals surface area contributed by atoms with Gasteiger partial charge in [-0.1, -0.05) is 6.92 Å². The summed E-state index contributed by atoms with van der Waals surface area (Å²) in [6, 6.07) is 0. The molecule has 4 nitrogen and oxygen atoms in total. The SMILES string of the molecule is COCC(C)CN(C)CC1CNCCO1. The first-order valence-electron chi connectivity index (χ1n) is 5.72. The summed E-state index contributed by atoms with van der Waals surface area (Å²) in [5.74, 6) is 0.580. The summed E-state index contributed by atoms with van der Waals surface area (Å²) in [5, 5.41) is 3.34. The summed E-state index contributed by atoms with van der Waals surface area (Å²) in [7, 11) is 3.90. The predicted molar refractivity (Wildman–Crippen MR) is 61.1 cm³/mol. The number of hydrogen-bond donors (Lipinski definition) is 1. The smallest absolute Gasteiger partial charge is 0.0826 e. The van der Waals surface area contributed by atoms with E-state index in [0.717, 1.165) is 39.4 Å². The highest BCUT2D eigenvalue weighted by molar-refractivity contribution is 4.71. The summed E-state index contributed by atoms with van der Waals surface area (Å²) < 4.78 is 10.8. The maximum Gasteiger partial charge on any atom is 0.0826 e. The van der Waals surface area contributed by atoms with Gasteiger partial charge in [-0.15, -0.1) is 0 Å². The highest BCUT2D eigenvalue weighted by Gasteiger charge is 2.16. The molecule has 0 aliphatic carbocycles. The van der Waals surface area contributed by atoms with Crippen molar-refractivity contribution in [1.82, 2.24) is 10.2 Å². The van der Waals surface area contributed by atoms with Crippen LogP contribution in [0.5, 0.6) is 0 Å². The second-order valence-electron chi connectivity index (χ2n) is 4.48. The molecule has 0 aromatic heterocycles. The van der Waals surface area contributed by atoms with Gasteiger partial charge in [-0.2, -0.15) is 0 Å². The van der Waals surface area contributed by atoms with Crippen LogP contribution in [0.3, 0.4) is 0 Å². The average molecular weight is 216 g/mol. The highest BCUT2D eigenvalue weighted by atomic mass is 16.5. The van der Waals surface area contributed by atoms with Gasteiger partial charge in [0.25, 0.3) is 0 Å². The summed E-state index contributed by atoms with van der Waals surface area (Å²) in [6.45, 7) is 7.90. The second kappa shape index (κ2) is 7.17. The summed E-state index contributed by atoms with van der Waals surface area (Å²) in [4.78, 5) is 2.32. The van der Waals surface area contributed by atoms with Gasteiger partial charge < -0.3 is 19.7 Å². The van der Waals surface area contributed by atoms with E-state index in [9.17, 15) is 0 Å². The van der Waals surface area contributed by atoms with Gasteiger partial charge in [-0.25, -0.2) is 0 Å². The molecule has 1 fully saturated rings. The van der Waals surface area contributed by atoms with Crippen molar-refractivity contribution in [1.29, 1.82) is 0 Å². The van der Waals surface area contributed by atoms with Crippen LogP contribution < -0.4 is 5.32 Å². The number of nitrogens with one attached hydrogen (secondary N) is 1. The lowest BCUT2D eigenvalue weighted by atomic mass is 10.2. The molecular formula is C11H24N2O2. The van der Waals surface area contributed by atoms with Gasteiger partial charge in [0.1, 0.15) is 0 Å². The van der Waals surface area contributed by atoms with Gasteiger partial charge in [-0.3, -0.25) is 0 Å². The number of nitrogens with zero attached hydrogens (tertiary/aromatic N) is 1. The second-order valence-corrected chi connectivity index (χ2v) is 4.48. The van der Waals surface area contributed by atoms with Crippen LogP contribution in [0.4, 0.5) is 0 Å². The molecular weight excluding hydrogens is 192 g/mol. The van der Waals surface area contributed by atoms with Crippen molar-refractivity contribution in [2.75, 3.05) is 53.6 Å². The Bertz CT molecular complexity index is 161. The number of hydrogen-bond acceptors (Lipinski definition) is 4. The normalized spacial score (nSPS) is 24.4. The monoisotopic (exact) mass is 216 g/mol. The van der Waals surface area contributed by atoms with Gasteiger partial charge in [0.15, 0.2) is 0 Å². The molecule has 0 saturated carbocycles. The van der Waals surface area contributed by atoms with E-state index in [4.69, 9.17) is 9.47 Å². The maximum absolute atomic E-state index is 5.65. The molecule has 1 N–H and O–H groups in total. The van der Waals surface area contributed by atoms with Crippen LogP contribution >= 0.6 is 0 Å². The number of morpholine rings is 1. The van der Waals surface area contributed by atoms with Gasteiger partial charge in [0.05, 0.1) is 12.7 Å².